The van der Waals surface area contributed by atoms with E-state index in [9.17, 15) is 19.5 Å². The van der Waals surface area contributed by atoms with Gasteiger partial charge in [0, 0.05) is 19.3 Å². The van der Waals surface area contributed by atoms with Crippen LogP contribution in [-0.2, 0) is 28.6 Å². The number of aliphatic carboxylic acids is 1. The number of ether oxygens (including phenoxy) is 3. The molecule has 0 aromatic carbocycles. The Balaban J connectivity index is 4.61. The topological polar surface area (TPSA) is 102 Å². The standard InChI is InChI=1S/C40H61NO7/c1-6-8-10-12-14-15-16-17-18-19-20-21-22-23-25-27-29-31-39(43)48-36(34-46-33-32-37(40(44)45)41(3,4)5)35-47-38(42)30-28-26-24-13-11-9-7-2/h8-12,14-22,24,26,36-37H,6-7,13,23,25,27-35H2,1-5H3/b10-8+,11-9+,14-12+,16-15+,18-17+,20-19+,22-21+,26-24+. The second-order valence-corrected chi connectivity index (χ2v) is 12.1. The van der Waals surface area contributed by atoms with Crippen molar-refractivity contribution in [2.45, 2.75) is 96.6 Å². The Kier molecular flexibility index (Phi) is 28.2. The highest BCUT2D eigenvalue weighted by molar-refractivity contribution is 5.70. The van der Waals surface area contributed by atoms with Gasteiger partial charge >= 0.3 is 11.9 Å². The fourth-order valence-electron chi connectivity index (χ4n) is 4.22. The van der Waals surface area contributed by atoms with E-state index in [4.69, 9.17) is 14.2 Å². The number of hydrogen-bond donors (Lipinski definition) is 0. The van der Waals surface area contributed by atoms with Gasteiger partial charge in [0.1, 0.15) is 12.6 Å². The molecule has 8 heteroatoms. The van der Waals surface area contributed by atoms with Crippen LogP contribution in [0.5, 0.6) is 0 Å². The van der Waals surface area contributed by atoms with E-state index in [1.54, 1.807) is 21.1 Å². The predicted molar refractivity (Wildman–Crippen MR) is 194 cm³/mol. The summed E-state index contributed by atoms with van der Waals surface area (Å²) in [5.74, 6) is -1.91. The Morgan fingerprint density at radius 1 is 0.646 bits per heavy atom. The smallest absolute Gasteiger partial charge is 0.306 e. The van der Waals surface area contributed by atoms with Gasteiger partial charge in [-0.2, -0.15) is 0 Å². The van der Waals surface area contributed by atoms with Crippen molar-refractivity contribution in [1.82, 2.24) is 0 Å². The van der Waals surface area contributed by atoms with Crippen LogP contribution in [0.3, 0.4) is 0 Å². The van der Waals surface area contributed by atoms with E-state index >= 15 is 0 Å². The molecule has 0 rings (SSSR count). The quantitative estimate of drug-likeness (QED) is 0.0289. The first-order valence-corrected chi connectivity index (χ1v) is 17.3. The Morgan fingerprint density at radius 3 is 1.85 bits per heavy atom. The number of carbonyl (C=O) groups is 3. The summed E-state index contributed by atoms with van der Waals surface area (Å²) in [6.45, 7) is 4.20. The highest BCUT2D eigenvalue weighted by atomic mass is 16.6. The zero-order valence-corrected chi connectivity index (χ0v) is 30.1. The van der Waals surface area contributed by atoms with E-state index < -0.39 is 18.1 Å². The van der Waals surface area contributed by atoms with Gasteiger partial charge in [-0.15, -0.1) is 0 Å². The summed E-state index contributed by atoms with van der Waals surface area (Å²) in [5.41, 5.74) is 0. The van der Waals surface area contributed by atoms with Crippen molar-refractivity contribution in [2.24, 2.45) is 0 Å². The largest absolute Gasteiger partial charge is 0.544 e. The molecule has 0 aliphatic heterocycles. The summed E-state index contributed by atoms with van der Waals surface area (Å²) in [6, 6.07) is -0.745. The number of rotatable bonds is 28. The van der Waals surface area contributed by atoms with Crippen molar-refractivity contribution in [3.63, 3.8) is 0 Å². The van der Waals surface area contributed by atoms with E-state index in [1.807, 2.05) is 72.9 Å². The fraction of sp³-hybridized carbons (Fsp3) is 0.525. The van der Waals surface area contributed by atoms with Gasteiger partial charge in [0.25, 0.3) is 0 Å². The van der Waals surface area contributed by atoms with Crippen molar-refractivity contribution < 1.29 is 38.2 Å². The lowest BCUT2D eigenvalue weighted by atomic mass is 10.1. The van der Waals surface area contributed by atoms with E-state index in [0.717, 1.165) is 38.5 Å². The van der Waals surface area contributed by atoms with Crippen molar-refractivity contribution >= 4 is 17.9 Å². The third-order valence-electron chi connectivity index (χ3n) is 6.89. The molecular formula is C40H61NO7. The van der Waals surface area contributed by atoms with Crippen LogP contribution in [0.2, 0.25) is 0 Å². The summed E-state index contributed by atoms with van der Waals surface area (Å²) >= 11 is 0. The predicted octanol–water partition coefficient (Wildman–Crippen LogP) is 7.06. The lowest BCUT2D eigenvalue weighted by Gasteiger charge is -2.34. The van der Waals surface area contributed by atoms with Gasteiger partial charge < -0.3 is 28.6 Å². The zero-order valence-electron chi connectivity index (χ0n) is 30.1. The monoisotopic (exact) mass is 667 g/mol. The fourth-order valence-corrected chi connectivity index (χ4v) is 4.22. The summed E-state index contributed by atoms with van der Waals surface area (Å²) in [6.07, 6.45) is 39.0. The van der Waals surface area contributed by atoms with Crippen LogP contribution in [-0.4, -0.2) is 75.5 Å². The van der Waals surface area contributed by atoms with E-state index in [-0.39, 0.29) is 55.5 Å². The first kappa shape index (κ1) is 44.2. The Labute approximate surface area is 290 Å². The highest BCUT2D eigenvalue weighted by Gasteiger charge is 2.25. The molecule has 0 spiro atoms. The maximum absolute atomic E-state index is 12.6. The molecule has 0 N–H and O–H groups in total. The molecule has 0 aliphatic rings. The van der Waals surface area contributed by atoms with Gasteiger partial charge in [-0.1, -0.05) is 117 Å². The molecule has 48 heavy (non-hydrogen) atoms. The molecule has 0 bridgehead atoms. The molecule has 0 fully saturated rings. The summed E-state index contributed by atoms with van der Waals surface area (Å²) in [7, 11) is 5.34. The third kappa shape index (κ3) is 28.5. The van der Waals surface area contributed by atoms with E-state index in [2.05, 4.69) is 38.2 Å². The summed E-state index contributed by atoms with van der Waals surface area (Å²) < 4.78 is 16.9. The molecule has 0 radical (unpaired) electrons. The number of carbonyl (C=O) groups excluding carboxylic acids is 3. The van der Waals surface area contributed by atoms with Crippen LogP contribution in [0.15, 0.2) is 97.2 Å². The van der Waals surface area contributed by atoms with Crippen molar-refractivity contribution in [3.05, 3.63) is 97.2 Å². The van der Waals surface area contributed by atoms with Crippen LogP contribution < -0.4 is 5.11 Å². The van der Waals surface area contributed by atoms with E-state index in [1.165, 1.54) is 0 Å². The minimum Gasteiger partial charge on any atom is -0.544 e. The third-order valence-corrected chi connectivity index (χ3v) is 6.89. The second-order valence-electron chi connectivity index (χ2n) is 12.1. The first-order valence-electron chi connectivity index (χ1n) is 17.3. The molecule has 268 valence electrons. The molecule has 0 aromatic rings. The molecule has 0 aromatic heterocycles. The molecule has 0 heterocycles. The van der Waals surface area contributed by atoms with E-state index in [0.29, 0.717) is 12.8 Å². The highest BCUT2D eigenvalue weighted by Crippen LogP contribution is 2.10. The summed E-state index contributed by atoms with van der Waals surface area (Å²) in [4.78, 5) is 36.4. The number of hydrogen-bond acceptors (Lipinski definition) is 7. The van der Waals surface area contributed by atoms with Crippen LogP contribution >= 0.6 is 0 Å². The first-order chi connectivity index (χ1) is 23.1. The maximum Gasteiger partial charge on any atom is 0.306 e. The minimum absolute atomic E-state index is 0.00290. The molecule has 2 unspecified atom stereocenters. The van der Waals surface area contributed by atoms with Crippen molar-refractivity contribution in [2.75, 3.05) is 41.0 Å². The van der Waals surface area contributed by atoms with Gasteiger partial charge in [-0.3, -0.25) is 9.59 Å². The van der Waals surface area contributed by atoms with Gasteiger partial charge in [-0.25, -0.2) is 0 Å². The number of unbranched alkanes of at least 4 members (excludes halogenated alkanes) is 3. The molecule has 0 amide bonds. The van der Waals surface area contributed by atoms with Crippen LogP contribution in [0.4, 0.5) is 0 Å². The molecule has 8 nitrogen and oxygen atoms in total. The minimum atomic E-state index is -1.15. The van der Waals surface area contributed by atoms with Crippen LogP contribution in [0.1, 0.15) is 84.5 Å². The number of likely N-dealkylation sites (N-methyl/N-ethyl adjacent to an activating group) is 1. The normalized spacial score (nSPS) is 14.3. The Hall–Kier alpha value is -3.75. The van der Waals surface area contributed by atoms with Gasteiger partial charge in [-0.05, 0) is 44.9 Å². The molecular weight excluding hydrogens is 606 g/mol. The molecule has 0 saturated carbocycles. The lowest BCUT2D eigenvalue weighted by molar-refractivity contribution is -0.889. The number of quaternary nitrogens is 1. The average molecular weight is 668 g/mol. The van der Waals surface area contributed by atoms with Crippen LogP contribution in [0.25, 0.3) is 0 Å². The van der Waals surface area contributed by atoms with Gasteiger partial charge in [0.15, 0.2) is 6.10 Å². The Bertz CT molecular complexity index is 1100. The van der Waals surface area contributed by atoms with Crippen molar-refractivity contribution in [3.8, 4) is 0 Å². The van der Waals surface area contributed by atoms with Crippen molar-refractivity contribution in [1.29, 1.82) is 0 Å². The molecule has 0 saturated heterocycles. The number of carboxylic acids is 1. The zero-order chi connectivity index (χ0) is 35.7. The lowest BCUT2D eigenvalue weighted by Crippen LogP contribution is -2.55. The number of nitrogens with zero attached hydrogens (tertiary/aromatic N) is 1. The molecule has 2 atom stereocenters. The maximum atomic E-state index is 12.6. The van der Waals surface area contributed by atoms with Crippen LogP contribution in [0, 0.1) is 0 Å². The molecule has 0 aliphatic carbocycles. The number of allylic oxidation sites excluding steroid dienone is 16. The summed E-state index contributed by atoms with van der Waals surface area (Å²) in [5, 5.41) is 11.5. The SMILES string of the molecule is CC/C=C/C=C/C=C/C=C/C=C/C=C/CCCCCC(=O)OC(COCCC(C(=O)[O-])[N+](C)(C)C)COC(=O)CC/C=C/C/C=C/CC. The number of esters is 2. The van der Waals surface area contributed by atoms with Gasteiger partial charge in [0.2, 0.25) is 0 Å². The average Bonchev–Trinajstić information content (AvgIpc) is 3.03. The number of carboxylic acid groups (broad SMARTS) is 1. The second kappa shape index (κ2) is 30.6. The van der Waals surface area contributed by atoms with Gasteiger partial charge in [0.05, 0.1) is 40.3 Å². The Morgan fingerprint density at radius 2 is 1.25 bits per heavy atom.